The maximum atomic E-state index is 12.8. The topological polar surface area (TPSA) is 34.0 Å². The van der Waals surface area contributed by atoms with Crippen molar-refractivity contribution in [2.24, 2.45) is 0 Å². The molecule has 144 valence electrons. The summed E-state index contributed by atoms with van der Waals surface area (Å²) in [4.78, 5) is 16.0. The lowest BCUT2D eigenvalue weighted by molar-refractivity contribution is -0.908. The normalized spacial score (nSPS) is 15.9. The summed E-state index contributed by atoms with van der Waals surface area (Å²) in [6, 6.07) is 21.0. The van der Waals surface area contributed by atoms with Gasteiger partial charge in [0.1, 0.15) is 12.3 Å². The lowest BCUT2D eigenvalue weighted by Gasteiger charge is -2.27. The number of quaternary nitrogens is 1. The maximum Gasteiger partial charge on any atom is 0.277 e. The quantitative estimate of drug-likeness (QED) is 0.743. The van der Waals surface area contributed by atoms with Gasteiger partial charge in [0, 0.05) is 25.6 Å². The Bertz CT molecular complexity index is 999. The summed E-state index contributed by atoms with van der Waals surface area (Å²) >= 11 is 0. The van der Waals surface area contributed by atoms with Crippen molar-refractivity contribution in [2.75, 3.05) is 27.2 Å². The van der Waals surface area contributed by atoms with E-state index < -0.39 is 0 Å². The molecule has 0 bridgehead atoms. The molecule has 28 heavy (non-hydrogen) atoms. The van der Waals surface area contributed by atoms with Crippen LogP contribution in [-0.4, -0.2) is 38.1 Å². The number of methoxy groups -OCH3 is 1. The van der Waals surface area contributed by atoms with Gasteiger partial charge >= 0.3 is 0 Å². The molecular formula is C24H27N2O2+. The molecule has 4 rings (SSSR count). The van der Waals surface area contributed by atoms with Gasteiger partial charge in [-0.05, 0) is 40.1 Å². The molecule has 1 atom stereocenters. The van der Waals surface area contributed by atoms with Crippen LogP contribution >= 0.6 is 0 Å². The summed E-state index contributed by atoms with van der Waals surface area (Å²) in [6.07, 6.45) is 1.05. The van der Waals surface area contributed by atoms with Crippen LogP contribution in [0.5, 0.6) is 5.75 Å². The Labute approximate surface area is 166 Å². The van der Waals surface area contributed by atoms with Crippen molar-refractivity contribution >= 4 is 16.7 Å². The monoisotopic (exact) mass is 375 g/mol. The van der Waals surface area contributed by atoms with Gasteiger partial charge in [0.15, 0.2) is 6.54 Å². The van der Waals surface area contributed by atoms with Gasteiger partial charge in [-0.3, -0.25) is 4.79 Å². The molecule has 1 N–H and O–H groups in total. The fraction of sp³-hybridized carbons (Fsp3) is 0.292. The number of benzene rings is 3. The minimum Gasteiger partial charge on any atom is -0.497 e. The SMILES string of the molecule is COc1ccc2cc(CN(C)C(=O)C[NH+]3CCc4ccccc4C3)ccc2c1. The number of rotatable bonds is 5. The molecule has 1 amide bonds. The molecule has 0 saturated carbocycles. The van der Waals surface area contributed by atoms with Crippen LogP contribution in [-0.2, 0) is 24.3 Å². The number of nitrogens with one attached hydrogen (secondary N) is 1. The molecule has 0 radical (unpaired) electrons. The number of fused-ring (bicyclic) bond motifs is 2. The number of ether oxygens (including phenoxy) is 1. The fourth-order valence-electron chi connectivity index (χ4n) is 4.00. The van der Waals surface area contributed by atoms with E-state index in [0.29, 0.717) is 13.1 Å². The van der Waals surface area contributed by atoms with Gasteiger partial charge in [0.2, 0.25) is 0 Å². The van der Waals surface area contributed by atoms with E-state index in [1.54, 1.807) is 7.11 Å². The predicted molar refractivity (Wildman–Crippen MR) is 112 cm³/mol. The van der Waals surface area contributed by atoms with Crippen molar-refractivity contribution in [2.45, 2.75) is 19.5 Å². The maximum absolute atomic E-state index is 12.8. The first-order chi connectivity index (χ1) is 13.6. The lowest BCUT2D eigenvalue weighted by atomic mass is 10.00. The summed E-state index contributed by atoms with van der Waals surface area (Å²) in [7, 11) is 3.58. The number of amides is 1. The Morgan fingerprint density at radius 1 is 1.04 bits per heavy atom. The van der Waals surface area contributed by atoms with E-state index in [-0.39, 0.29) is 5.91 Å². The summed E-state index contributed by atoms with van der Waals surface area (Å²) in [5, 5.41) is 2.31. The Kier molecular flexibility index (Phi) is 5.31. The van der Waals surface area contributed by atoms with E-state index in [1.807, 2.05) is 24.1 Å². The number of likely N-dealkylation sites (N-methyl/N-ethyl adjacent to an activating group) is 1. The van der Waals surface area contributed by atoms with E-state index in [0.717, 1.165) is 41.6 Å². The zero-order chi connectivity index (χ0) is 19.5. The number of carbonyl (C=O) groups excluding carboxylic acids is 1. The third-order valence-electron chi connectivity index (χ3n) is 5.67. The molecule has 4 heteroatoms. The molecule has 4 nitrogen and oxygen atoms in total. The van der Waals surface area contributed by atoms with Gasteiger partial charge in [-0.15, -0.1) is 0 Å². The summed E-state index contributed by atoms with van der Waals surface area (Å²) in [6.45, 7) is 3.14. The average Bonchev–Trinajstić information content (AvgIpc) is 2.73. The van der Waals surface area contributed by atoms with Crippen molar-refractivity contribution in [3.8, 4) is 5.75 Å². The highest BCUT2D eigenvalue weighted by atomic mass is 16.5. The van der Waals surface area contributed by atoms with Gasteiger partial charge in [0.05, 0.1) is 13.7 Å². The number of hydrogen-bond donors (Lipinski definition) is 1. The number of nitrogens with zero attached hydrogens (tertiary/aromatic N) is 1. The Balaban J connectivity index is 1.38. The van der Waals surface area contributed by atoms with Crippen LogP contribution in [0.25, 0.3) is 10.8 Å². The minimum atomic E-state index is 0.198. The summed E-state index contributed by atoms with van der Waals surface area (Å²) in [5.41, 5.74) is 3.96. The van der Waals surface area contributed by atoms with Gasteiger partial charge in [-0.2, -0.15) is 0 Å². The second-order valence-electron chi connectivity index (χ2n) is 7.67. The number of hydrogen-bond acceptors (Lipinski definition) is 2. The Morgan fingerprint density at radius 2 is 1.79 bits per heavy atom. The minimum absolute atomic E-state index is 0.198. The van der Waals surface area contributed by atoms with E-state index in [9.17, 15) is 4.79 Å². The van der Waals surface area contributed by atoms with Crippen molar-refractivity contribution in [1.29, 1.82) is 0 Å². The molecule has 1 heterocycles. The Hall–Kier alpha value is -2.85. The highest BCUT2D eigenvalue weighted by molar-refractivity contribution is 5.84. The zero-order valence-electron chi connectivity index (χ0n) is 16.6. The molecule has 0 aliphatic carbocycles. The third kappa shape index (κ3) is 4.02. The molecule has 0 fully saturated rings. The van der Waals surface area contributed by atoms with Crippen molar-refractivity contribution in [3.63, 3.8) is 0 Å². The third-order valence-corrected chi connectivity index (χ3v) is 5.67. The first kappa shape index (κ1) is 18.5. The molecule has 0 saturated heterocycles. The summed E-state index contributed by atoms with van der Waals surface area (Å²) < 4.78 is 5.29. The second kappa shape index (κ2) is 8.03. The zero-order valence-corrected chi connectivity index (χ0v) is 16.6. The van der Waals surface area contributed by atoms with Crippen LogP contribution in [0, 0.1) is 0 Å². The first-order valence-corrected chi connectivity index (χ1v) is 9.83. The van der Waals surface area contributed by atoms with Crippen LogP contribution in [0.15, 0.2) is 60.7 Å². The van der Waals surface area contributed by atoms with Crippen molar-refractivity contribution < 1.29 is 14.4 Å². The fourth-order valence-corrected chi connectivity index (χ4v) is 4.00. The van der Waals surface area contributed by atoms with E-state index >= 15 is 0 Å². The second-order valence-corrected chi connectivity index (χ2v) is 7.67. The van der Waals surface area contributed by atoms with Crippen molar-refractivity contribution in [3.05, 3.63) is 77.4 Å². The van der Waals surface area contributed by atoms with Gasteiger partial charge in [0.25, 0.3) is 5.91 Å². The average molecular weight is 375 g/mol. The molecule has 3 aromatic carbocycles. The standard InChI is InChI=1S/C24H26N2O2/c1-25(15-18-7-8-21-14-23(28-2)10-9-20(21)13-18)24(27)17-26-12-11-19-5-3-4-6-22(19)16-26/h3-10,13-14H,11-12,15-17H2,1-2H3/p+1. The highest BCUT2D eigenvalue weighted by Crippen LogP contribution is 2.22. The predicted octanol–water partition coefficient (Wildman–Crippen LogP) is 2.45. The van der Waals surface area contributed by atoms with Gasteiger partial charge in [-0.1, -0.05) is 42.5 Å². The smallest absolute Gasteiger partial charge is 0.277 e. The molecular weight excluding hydrogens is 348 g/mol. The van der Waals surface area contributed by atoms with E-state index in [1.165, 1.54) is 16.0 Å². The molecule has 3 aromatic rings. The molecule has 0 aromatic heterocycles. The van der Waals surface area contributed by atoms with Gasteiger partial charge in [-0.25, -0.2) is 0 Å². The lowest BCUT2D eigenvalue weighted by Crippen LogP contribution is -3.12. The van der Waals surface area contributed by atoms with Crippen LogP contribution in [0.4, 0.5) is 0 Å². The van der Waals surface area contributed by atoms with Crippen LogP contribution in [0.1, 0.15) is 16.7 Å². The molecule has 1 aliphatic heterocycles. The molecule has 1 aliphatic rings. The van der Waals surface area contributed by atoms with E-state index in [4.69, 9.17) is 4.74 Å². The van der Waals surface area contributed by atoms with Crippen molar-refractivity contribution in [1.82, 2.24) is 4.90 Å². The Morgan fingerprint density at radius 3 is 2.61 bits per heavy atom. The van der Waals surface area contributed by atoms with Crippen LogP contribution < -0.4 is 9.64 Å². The first-order valence-electron chi connectivity index (χ1n) is 9.83. The van der Waals surface area contributed by atoms with Crippen LogP contribution in [0.2, 0.25) is 0 Å². The molecule has 1 unspecified atom stereocenters. The molecule has 0 spiro atoms. The van der Waals surface area contributed by atoms with Gasteiger partial charge < -0.3 is 14.5 Å². The summed E-state index contributed by atoms with van der Waals surface area (Å²) in [5.74, 6) is 1.06. The number of carbonyl (C=O) groups is 1. The highest BCUT2D eigenvalue weighted by Gasteiger charge is 2.23. The van der Waals surface area contributed by atoms with Crippen LogP contribution in [0.3, 0.4) is 0 Å². The van der Waals surface area contributed by atoms with E-state index in [2.05, 4.69) is 48.5 Å². The largest absolute Gasteiger partial charge is 0.497 e.